The maximum absolute atomic E-state index is 10.0. The summed E-state index contributed by atoms with van der Waals surface area (Å²) >= 11 is 0. The van der Waals surface area contributed by atoms with E-state index in [1.54, 1.807) is 0 Å². The van der Waals surface area contributed by atoms with E-state index in [-0.39, 0.29) is 5.52 Å². The number of hydrogen-bond acceptors (Lipinski definition) is 1. The van der Waals surface area contributed by atoms with Crippen LogP contribution in [0.15, 0.2) is 139 Å². The lowest BCUT2D eigenvalue weighted by atomic mass is 9.81. The minimum atomic E-state index is -0.980. The fraction of sp³-hybridized carbons (Fsp3) is 0. The van der Waals surface area contributed by atoms with Crippen LogP contribution in [0.5, 0.6) is 0 Å². The average Bonchev–Trinajstić information content (AvgIpc) is 3.79. The van der Waals surface area contributed by atoms with Gasteiger partial charge in [0.1, 0.15) is 0 Å². The van der Waals surface area contributed by atoms with Gasteiger partial charge in [0.15, 0.2) is 0 Å². The molecule has 186 valence electrons. The van der Waals surface area contributed by atoms with Crippen LogP contribution in [0, 0.1) is 0 Å². The third-order valence-corrected chi connectivity index (χ3v) is 6.67. The van der Waals surface area contributed by atoms with Crippen molar-refractivity contribution in [3.05, 3.63) is 139 Å². The van der Waals surface area contributed by atoms with E-state index < -0.39 is 211 Å². The summed E-state index contributed by atoms with van der Waals surface area (Å²) in [7, 11) is 0. The summed E-state index contributed by atoms with van der Waals surface area (Å²) in [5.74, 6) is -0.511. The molecule has 1 aliphatic carbocycles. The van der Waals surface area contributed by atoms with Gasteiger partial charge in [-0.2, -0.15) is 0 Å². The molecule has 3 nitrogen and oxygen atoms in total. The van der Waals surface area contributed by atoms with E-state index in [0.29, 0.717) is 0 Å². The zero-order valence-electron chi connectivity index (χ0n) is 42.8. The molecule has 9 rings (SSSR count). The lowest BCUT2D eigenvalue weighted by molar-refractivity contribution is 1.11. The van der Waals surface area contributed by atoms with Gasteiger partial charge in [-0.3, -0.25) is 8.97 Å². The van der Waals surface area contributed by atoms with Crippen LogP contribution in [0.1, 0.15) is 31.5 Å². The molecule has 0 amide bonds. The van der Waals surface area contributed by atoms with Gasteiger partial charge in [0.2, 0.25) is 5.78 Å². The first-order chi connectivity index (χ1) is 29.4. The fourth-order valence-corrected chi connectivity index (χ4v) is 5.03. The topological polar surface area (TPSA) is 22.2 Å². The van der Waals surface area contributed by atoms with Crippen LogP contribution in [0.2, 0.25) is 0 Å². The Kier molecular flexibility index (Phi) is 1.82. The third-order valence-electron chi connectivity index (χ3n) is 6.67. The highest BCUT2D eigenvalue weighted by atomic mass is 15.2. The summed E-state index contributed by atoms with van der Waals surface area (Å²) in [6.07, 6.45) is 0. The first kappa shape index (κ1) is 9.07. The highest BCUT2D eigenvalue weighted by Crippen LogP contribution is 2.48. The molecule has 0 spiro atoms. The molecule has 0 aliphatic heterocycles. The molecular weight excluding hydrogens is 486 g/mol. The summed E-state index contributed by atoms with van der Waals surface area (Å²) in [6.45, 7) is 0. The van der Waals surface area contributed by atoms with E-state index in [4.69, 9.17) is 23.3 Å². The van der Waals surface area contributed by atoms with Crippen LogP contribution < -0.4 is 0 Å². The van der Waals surface area contributed by atoms with Gasteiger partial charge in [0.25, 0.3) is 0 Å². The minimum Gasteiger partial charge on any atom is -0.278 e. The van der Waals surface area contributed by atoms with Crippen molar-refractivity contribution in [2.45, 2.75) is 0 Å². The predicted molar refractivity (Wildman–Crippen MR) is 165 cm³/mol. The van der Waals surface area contributed by atoms with Crippen molar-refractivity contribution >= 4 is 27.8 Å². The molecule has 0 N–H and O–H groups in total. The molecule has 1 aliphatic rings. The molecule has 0 saturated carbocycles. The molecular formula is C37H23N3. The first-order valence-corrected chi connectivity index (χ1v) is 11.8. The molecule has 8 aromatic rings. The van der Waals surface area contributed by atoms with Crippen molar-refractivity contribution in [2.24, 2.45) is 0 Å². The summed E-state index contributed by atoms with van der Waals surface area (Å²) in [6, 6.07) is -19.7. The van der Waals surface area contributed by atoms with Gasteiger partial charge >= 0.3 is 0 Å². The maximum Gasteiger partial charge on any atom is 0.220 e. The summed E-state index contributed by atoms with van der Waals surface area (Å²) < 4.78 is 207. The zero-order valence-corrected chi connectivity index (χ0v) is 19.8. The second kappa shape index (κ2) is 8.05. The van der Waals surface area contributed by atoms with Gasteiger partial charge in [-0.1, -0.05) is 103 Å². The van der Waals surface area contributed by atoms with Crippen LogP contribution in [0.4, 0.5) is 0 Å². The monoisotopic (exact) mass is 532 g/mol. The Morgan fingerprint density at radius 2 is 0.875 bits per heavy atom. The SMILES string of the molecule is [2H]c1c([2H])c([2H])c2c(c1[2H])-c1c([2H])c([2H])c([2H])c([2H])c1-c1c([2H])c([2H])c(-n3c4c([2H])c([2H])c([2H])c([2H])c4n4c5c([2H])c([2H])c([2H])c([2H])c5nc34)c([2H])c1-c1c([2H])c([2H])c([2H])c([2H])c1-2. The van der Waals surface area contributed by atoms with Crippen LogP contribution in [-0.4, -0.2) is 14.0 Å². The van der Waals surface area contributed by atoms with Crippen molar-refractivity contribution in [1.82, 2.24) is 14.0 Å². The van der Waals surface area contributed by atoms with Gasteiger partial charge in [-0.15, -0.1) is 0 Å². The Bertz CT molecular complexity index is 3540. The highest BCUT2D eigenvalue weighted by molar-refractivity contribution is 6.03. The molecule has 3 heteroatoms. The molecule has 0 unspecified atom stereocenters. The lowest BCUT2D eigenvalue weighted by Crippen LogP contribution is -2.00. The van der Waals surface area contributed by atoms with Crippen molar-refractivity contribution in [3.8, 4) is 50.2 Å². The number of rotatable bonds is 1. The van der Waals surface area contributed by atoms with Gasteiger partial charge < -0.3 is 0 Å². The van der Waals surface area contributed by atoms with Gasteiger partial charge in [0.05, 0.1) is 53.6 Å². The average molecular weight is 533 g/mol. The number of aromatic nitrogens is 3. The van der Waals surface area contributed by atoms with E-state index in [1.165, 1.54) is 0 Å². The molecule has 2 heterocycles. The number of fused-ring (bicyclic) bond motifs is 13. The van der Waals surface area contributed by atoms with Crippen LogP contribution >= 0.6 is 0 Å². The number of nitrogens with zero attached hydrogens (tertiary/aromatic N) is 3. The van der Waals surface area contributed by atoms with Crippen LogP contribution in [0.3, 0.4) is 0 Å². The van der Waals surface area contributed by atoms with Crippen molar-refractivity contribution in [3.63, 3.8) is 0 Å². The molecule has 2 aromatic heterocycles. The standard InChI is InChI=1S/C37H23N3/c1-2-12-26-25(11-1)27-13-3-4-15-29(27)31-22-21-24(23-32(31)30-16-6-5-14-28(26)30)39-35-19-9-10-20-36(35)40-34-18-8-7-17-33(34)38-37(39)40/h1-23H/i1D,2D,3D,4D,5D,6D,7D,8D,9D,10D,11D,12D,13D,14D,15D,16D,17D,18D,19D,20D,21D,22D,23D. The number of benzene rings is 6. The molecule has 40 heavy (non-hydrogen) atoms. The van der Waals surface area contributed by atoms with E-state index in [0.717, 1.165) is 8.97 Å². The Morgan fingerprint density at radius 1 is 0.425 bits per heavy atom. The molecule has 6 aromatic carbocycles. The Balaban J connectivity index is 1.64. The number of para-hydroxylation sites is 4. The molecule has 0 radical (unpaired) electrons. The zero-order chi connectivity index (χ0) is 46.2. The molecule has 0 fully saturated rings. The van der Waals surface area contributed by atoms with E-state index in [9.17, 15) is 8.22 Å². The van der Waals surface area contributed by atoms with E-state index in [2.05, 4.69) is 4.98 Å². The summed E-state index contributed by atoms with van der Waals surface area (Å²) in [5.41, 5.74) is -7.82. The number of hydrogen-bond donors (Lipinski definition) is 0. The predicted octanol–water partition coefficient (Wildman–Crippen LogP) is 9.41. The minimum absolute atomic E-state index is 0.365. The van der Waals surface area contributed by atoms with E-state index >= 15 is 0 Å². The van der Waals surface area contributed by atoms with Gasteiger partial charge in [-0.25, -0.2) is 4.98 Å². The second-order valence-corrected chi connectivity index (χ2v) is 8.70. The smallest absolute Gasteiger partial charge is 0.220 e. The Labute approximate surface area is 263 Å². The summed E-state index contributed by atoms with van der Waals surface area (Å²) in [4.78, 5) is 4.44. The largest absolute Gasteiger partial charge is 0.278 e. The molecule has 0 bridgehead atoms. The molecule has 0 atom stereocenters. The number of imidazole rings is 2. The van der Waals surface area contributed by atoms with Crippen molar-refractivity contribution in [2.75, 3.05) is 0 Å². The normalized spacial score (nSPS) is 20.1. The maximum atomic E-state index is 10.0. The quantitative estimate of drug-likeness (QED) is 0.206. The fourth-order valence-electron chi connectivity index (χ4n) is 5.03. The van der Waals surface area contributed by atoms with E-state index in [1.807, 2.05) is 0 Å². The summed E-state index contributed by atoms with van der Waals surface area (Å²) in [5, 5.41) is 0. The second-order valence-electron chi connectivity index (χ2n) is 8.70. The first-order valence-electron chi connectivity index (χ1n) is 23.3. The van der Waals surface area contributed by atoms with Gasteiger partial charge in [-0.05, 0) is 80.8 Å². The third kappa shape index (κ3) is 2.86. The van der Waals surface area contributed by atoms with Crippen LogP contribution in [-0.2, 0) is 0 Å². The van der Waals surface area contributed by atoms with Crippen molar-refractivity contribution < 1.29 is 31.5 Å². The van der Waals surface area contributed by atoms with Crippen LogP contribution in [0.25, 0.3) is 78.0 Å². The van der Waals surface area contributed by atoms with Crippen molar-refractivity contribution in [1.29, 1.82) is 0 Å². The Hall–Kier alpha value is -5.41. The lowest BCUT2D eigenvalue weighted by Gasteiger charge is -2.23. The van der Waals surface area contributed by atoms with Gasteiger partial charge in [0, 0.05) is 5.69 Å². The highest BCUT2D eigenvalue weighted by Gasteiger charge is 2.23. The Morgan fingerprint density at radius 3 is 1.48 bits per heavy atom. The molecule has 0 saturated heterocycles.